The summed E-state index contributed by atoms with van der Waals surface area (Å²) >= 11 is 1.98. The number of unbranched alkanes of at least 4 members (excludes halogenated alkanes) is 2. The predicted octanol–water partition coefficient (Wildman–Crippen LogP) is 7.87. The van der Waals surface area contributed by atoms with Gasteiger partial charge in [-0.3, -0.25) is 0 Å². The summed E-state index contributed by atoms with van der Waals surface area (Å²) in [6, 6.07) is 4.48. The Morgan fingerprint density at radius 2 is 1.46 bits per heavy atom. The Balaban J connectivity index is 3.13. The lowest BCUT2D eigenvalue weighted by Gasteiger charge is -2.26. The second-order valence-corrected chi connectivity index (χ2v) is 9.67. The van der Waals surface area contributed by atoms with Crippen molar-refractivity contribution < 1.29 is 5.11 Å². The third-order valence-corrected chi connectivity index (χ3v) is 6.43. The fourth-order valence-corrected chi connectivity index (χ4v) is 4.33. The first-order valence-electron chi connectivity index (χ1n) is 9.81. The number of aromatic hydroxyl groups is 1. The van der Waals surface area contributed by atoms with Crippen molar-refractivity contribution >= 4 is 11.8 Å². The molecule has 1 rings (SSSR count). The molecule has 0 heterocycles. The maximum Gasteiger partial charge on any atom is 0.122 e. The van der Waals surface area contributed by atoms with Crippen LogP contribution >= 0.6 is 11.8 Å². The van der Waals surface area contributed by atoms with Crippen molar-refractivity contribution in [3.8, 4) is 5.75 Å². The van der Waals surface area contributed by atoms with Crippen LogP contribution in [0.1, 0.15) is 110 Å². The van der Waals surface area contributed by atoms with Gasteiger partial charge in [0.05, 0.1) is 0 Å². The van der Waals surface area contributed by atoms with E-state index in [2.05, 4.69) is 60.6 Å². The Morgan fingerprint density at radius 1 is 0.958 bits per heavy atom. The molecule has 2 atom stereocenters. The number of rotatable bonds is 10. The van der Waals surface area contributed by atoms with Crippen LogP contribution in [-0.4, -0.2) is 9.85 Å². The third-order valence-electron chi connectivity index (χ3n) is 5.21. The largest absolute Gasteiger partial charge is 0.507 e. The van der Waals surface area contributed by atoms with Gasteiger partial charge in [-0.1, -0.05) is 67.7 Å². The quantitative estimate of drug-likeness (QED) is 0.342. The van der Waals surface area contributed by atoms with E-state index in [-0.39, 0.29) is 4.75 Å². The van der Waals surface area contributed by atoms with E-state index in [1.165, 1.54) is 30.6 Å². The summed E-state index contributed by atoms with van der Waals surface area (Å²) in [5, 5.41) is 10.8. The average Bonchev–Trinajstić information content (AvgIpc) is 2.54. The first-order chi connectivity index (χ1) is 11.3. The molecule has 0 bridgehead atoms. The van der Waals surface area contributed by atoms with Crippen LogP contribution in [0.15, 0.2) is 17.0 Å². The van der Waals surface area contributed by atoms with Gasteiger partial charge in [0.2, 0.25) is 0 Å². The molecule has 1 aromatic rings. The van der Waals surface area contributed by atoms with Crippen LogP contribution in [0.2, 0.25) is 0 Å². The van der Waals surface area contributed by atoms with Gasteiger partial charge in [0.25, 0.3) is 0 Å². The highest BCUT2D eigenvalue weighted by Crippen LogP contribution is 2.43. The molecule has 0 spiro atoms. The fourth-order valence-electron chi connectivity index (χ4n) is 3.07. The zero-order valence-corrected chi connectivity index (χ0v) is 17.7. The van der Waals surface area contributed by atoms with Crippen LogP contribution in [0.25, 0.3) is 0 Å². The predicted molar refractivity (Wildman–Crippen MR) is 110 cm³/mol. The molecular weight excluding hydrogens is 312 g/mol. The Labute approximate surface area is 154 Å². The summed E-state index contributed by atoms with van der Waals surface area (Å²) in [6.07, 6.45) is 7.24. The molecule has 0 fully saturated rings. The van der Waals surface area contributed by atoms with Gasteiger partial charge in [0.15, 0.2) is 0 Å². The minimum atomic E-state index is 0.242. The Bertz CT molecular complexity index is 476. The van der Waals surface area contributed by atoms with Gasteiger partial charge in [-0.15, -0.1) is 11.8 Å². The first-order valence-corrected chi connectivity index (χ1v) is 10.6. The third kappa shape index (κ3) is 6.02. The molecule has 0 aliphatic heterocycles. The maximum absolute atomic E-state index is 10.8. The molecule has 0 radical (unpaired) electrons. The Morgan fingerprint density at radius 3 is 1.88 bits per heavy atom. The van der Waals surface area contributed by atoms with Gasteiger partial charge in [-0.25, -0.2) is 0 Å². The van der Waals surface area contributed by atoms with Crippen LogP contribution in [-0.2, 0) is 0 Å². The van der Waals surface area contributed by atoms with E-state index in [1.54, 1.807) is 0 Å². The van der Waals surface area contributed by atoms with Crippen LogP contribution in [0.5, 0.6) is 5.75 Å². The lowest BCUT2D eigenvalue weighted by molar-refractivity contribution is 0.448. The molecule has 24 heavy (non-hydrogen) atoms. The molecule has 138 valence electrons. The first kappa shape index (κ1) is 21.4. The summed E-state index contributed by atoms with van der Waals surface area (Å²) in [7, 11) is 0. The molecule has 2 heteroatoms. The van der Waals surface area contributed by atoms with E-state index in [1.807, 2.05) is 11.8 Å². The topological polar surface area (TPSA) is 20.2 Å². The second kappa shape index (κ2) is 9.75. The van der Waals surface area contributed by atoms with E-state index in [4.69, 9.17) is 0 Å². The van der Waals surface area contributed by atoms with Crippen LogP contribution in [0.4, 0.5) is 0 Å². The summed E-state index contributed by atoms with van der Waals surface area (Å²) in [5.74, 6) is 1.33. The van der Waals surface area contributed by atoms with Crippen molar-refractivity contribution in [1.82, 2.24) is 0 Å². The van der Waals surface area contributed by atoms with Crippen LogP contribution in [0.3, 0.4) is 0 Å². The highest BCUT2D eigenvalue weighted by Gasteiger charge is 2.23. The van der Waals surface area contributed by atoms with Crippen molar-refractivity contribution in [1.29, 1.82) is 0 Å². The van der Waals surface area contributed by atoms with Crippen molar-refractivity contribution in [2.24, 2.45) is 0 Å². The van der Waals surface area contributed by atoms with Gasteiger partial charge in [0.1, 0.15) is 5.75 Å². The minimum Gasteiger partial charge on any atom is -0.507 e. The number of benzene rings is 1. The summed E-state index contributed by atoms with van der Waals surface area (Å²) in [5.41, 5.74) is 2.25. The molecule has 0 amide bonds. The van der Waals surface area contributed by atoms with Gasteiger partial charge in [-0.2, -0.15) is 0 Å². The smallest absolute Gasteiger partial charge is 0.122 e. The molecule has 0 aliphatic rings. The van der Waals surface area contributed by atoms with E-state index >= 15 is 0 Å². The minimum absolute atomic E-state index is 0.242. The monoisotopic (exact) mass is 350 g/mol. The van der Waals surface area contributed by atoms with Crippen molar-refractivity contribution in [2.45, 2.75) is 108 Å². The zero-order valence-electron chi connectivity index (χ0n) is 16.9. The highest BCUT2D eigenvalue weighted by molar-refractivity contribution is 8.00. The molecular formula is C22H38OS. The highest BCUT2D eigenvalue weighted by atomic mass is 32.2. The lowest BCUT2D eigenvalue weighted by atomic mass is 9.90. The molecule has 1 aromatic carbocycles. The molecule has 0 saturated heterocycles. The van der Waals surface area contributed by atoms with Gasteiger partial charge in [0, 0.05) is 9.64 Å². The van der Waals surface area contributed by atoms with Gasteiger partial charge >= 0.3 is 0 Å². The van der Waals surface area contributed by atoms with E-state index in [0.29, 0.717) is 17.6 Å². The molecule has 0 aromatic heterocycles. The normalized spacial score (nSPS) is 14.6. The molecule has 0 saturated carbocycles. The number of thioether (sulfide) groups is 1. The number of phenolic OH excluding ortho intramolecular Hbond substituents is 1. The number of phenols is 1. The van der Waals surface area contributed by atoms with Crippen LogP contribution < -0.4 is 0 Å². The van der Waals surface area contributed by atoms with Crippen molar-refractivity contribution in [2.75, 3.05) is 0 Å². The van der Waals surface area contributed by atoms with E-state index in [9.17, 15) is 5.11 Å². The van der Waals surface area contributed by atoms with Gasteiger partial charge < -0.3 is 5.11 Å². The Kier molecular flexibility index (Phi) is 8.70. The van der Waals surface area contributed by atoms with E-state index in [0.717, 1.165) is 24.0 Å². The number of hydrogen-bond donors (Lipinski definition) is 1. The lowest BCUT2D eigenvalue weighted by Crippen LogP contribution is -2.14. The average molecular weight is 351 g/mol. The maximum atomic E-state index is 10.8. The van der Waals surface area contributed by atoms with Crippen LogP contribution in [0, 0.1) is 0 Å². The molecule has 0 aliphatic carbocycles. The molecule has 2 unspecified atom stereocenters. The number of hydrogen-bond acceptors (Lipinski definition) is 2. The summed E-state index contributed by atoms with van der Waals surface area (Å²) in [6.45, 7) is 15.8. The van der Waals surface area contributed by atoms with Crippen molar-refractivity contribution in [3.63, 3.8) is 0 Å². The Hall–Kier alpha value is -0.630. The SMILES string of the molecule is CCCCCC(C)(C)Sc1cc(C(C)CC)c(O)c(C(C)CC)c1. The fraction of sp³-hybridized carbons (Fsp3) is 0.727. The molecule has 1 nitrogen and oxygen atoms in total. The van der Waals surface area contributed by atoms with E-state index < -0.39 is 0 Å². The zero-order chi connectivity index (χ0) is 18.3. The summed E-state index contributed by atoms with van der Waals surface area (Å²) < 4.78 is 0.242. The molecule has 1 N–H and O–H groups in total. The second-order valence-electron chi connectivity index (χ2n) is 7.89. The van der Waals surface area contributed by atoms with Crippen molar-refractivity contribution in [3.05, 3.63) is 23.3 Å². The van der Waals surface area contributed by atoms with Gasteiger partial charge in [-0.05, 0) is 54.4 Å². The standard InChI is InChI=1S/C22H38OS/c1-8-11-12-13-22(6,7)24-18-14-19(16(4)9-2)21(23)20(15-18)17(5)10-3/h14-17,23H,8-13H2,1-7H3. The summed E-state index contributed by atoms with van der Waals surface area (Å²) in [4.78, 5) is 1.32.